The van der Waals surface area contributed by atoms with E-state index in [0.717, 1.165) is 25.0 Å². The highest BCUT2D eigenvalue weighted by molar-refractivity contribution is 4.94. The molecule has 94 valence electrons. The molecule has 0 saturated carbocycles. The third-order valence-corrected chi connectivity index (χ3v) is 4.65. The fourth-order valence-corrected chi connectivity index (χ4v) is 3.26. The zero-order valence-electron chi connectivity index (χ0n) is 10.9. The number of hydrogen-bond acceptors (Lipinski definition) is 2. The normalized spacial score (nSPS) is 35.8. The fourth-order valence-electron chi connectivity index (χ4n) is 3.26. The average Bonchev–Trinajstić information content (AvgIpc) is 2.80. The molecular formula is C14H27NO. The maximum Gasteiger partial charge on any atom is 0.0495 e. The van der Waals surface area contributed by atoms with Crippen LogP contribution in [0.25, 0.3) is 0 Å². The topological polar surface area (TPSA) is 21.3 Å². The van der Waals surface area contributed by atoms with E-state index in [9.17, 15) is 0 Å². The first-order valence-electron chi connectivity index (χ1n) is 7.06. The second kappa shape index (κ2) is 5.50. The summed E-state index contributed by atoms with van der Waals surface area (Å²) in [4.78, 5) is 0. The van der Waals surface area contributed by atoms with E-state index in [2.05, 4.69) is 19.2 Å². The van der Waals surface area contributed by atoms with E-state index in [1.54, 1.807) is 0 Å². The molecule has 0 aromatic carbocycles. The standard InChI is InChI=1S/C14H27NO/c1-12(2)14(7-3-4-9-15-14)8-5-13-6-10-16-11-13/h12-13,15H,3-11H2,1-2H3. The van der Waals surface area contributed by atoms with Gasteiger partial charge in [0.15, 0.2) is 0 Å². The van der Waals surface area contributed by atoms with Gasteiger partial charge in [-0.2, -0.15) is 0 Å². The highest BCUT2D eigenvalue weighted by Crippen LogP contribution is 2.34. The Morgan fingerprint density at radius 1 is 1.38 bits per heavy atom. The molecule has 16 heavy (non-hydrogen) atoms. The van der Waals surface area contributed by atoms with E-state index in [4.69, 9.17) is 4.74 Å². The van der Waals surface area contributed by atoms with Crippen LogP contribution in [0.1, 0.15) is 52.4 Å². The predicted molar refractivity (Wildman–Crippen MR) is 67.6 cm³/mol. The summed E-state index contributed by atoms with van der Waals surface area (Å²) in [6, 6.07) is 0. The van der Waals surface area contributed by atoms with Crippen LogP contribution >= 0.6 is 0 Å². The van der Waals surface area contributed by atoms with Crippen LogP contribution in [0.15, 0.2) is 0 Å². The molecule has 0 radical (unpaired) electrons. The van der Waals surface area contributed by atoms with Crippen molar-refractivity contribution in [2.75, 3.05) is 19.8 Å². The summed E-state index contributed by atoms with van der Waals surface area (Å²) >= 11 is 0. The highest BCUT2D eigenvalue weighted by Gasteiger charge is 2.35. The van der Waals surface area contributed by atoms with Crippen LogP contribution < -0.4 is 5.32 Å². The maximum atomic E-state index is 5.47. The Bertz CT molecular complexity index is 203. The molecule has 2 heterocycles. The van der Waals surface area contributed by atoms with Gasteiger partial charge in [0.05, 0.1) is 0 Å². The van der Waals surface area contributed by atoms with Crippen LogP contribution in [0.4, 0.5) is 0 Å². The SMILES string of the molecule is CC(C)C1(CCC2CCOC2)CCCCN1. The quantitative estimate of drug-likeness (QED) is 0.794. The van der Waals surface area contributed by atoms with Crippen molar-refractivity contribution in [3.8, 4) is 0 Å². The molecule has 0 aromatic heterocycles. The van der Waals surface area contributed by atoms with E-state index in [0.29, 0.717) is 5.54 Å². The van der Waals surface area contributed by atoms with Gasteiger partial charge in [0, 0.05) is 18.8 Å². The fraction of sp³-hybridized carbons (Fsp3) is 1.00. The smallest absolute Gasteiger partial charge is 0.0495 e. The van der Waals surface area contributed by atoms with Gasteiger partial charge in [-0.25, -0.2) is 0 Å². The maximum absolute atomic E-state index is 5.47. The van der Waals surface area contributed by atoms with E-state index in [1.165, 1.54) is 45.1 Å². The molecule has 2 rings (SSSR count). The van der Waals surface area contributed by atoms with Gasteiger partial charge in [0.25, 0.3) is 0 Å². The van der Waals surface area contributed by atoms with Crippen LogP contribution in [-0.2, 0) is 4.74 Å². The number of rotatable bonds is 4. The highest BCUT2D eigenvalue weighted by atomic mass is 16.5. The number of piperidine rings is 1. The predicted octanol–water partition coefficient (Wildman–Crippen LogP) is 2.97. The zero-order chi connectivity index (χ0) is 11.4. The minimum Gasteiger partial charge on any atom is -0.381 e. The molecule has 0 aliphatic carbocycles. The third kappa shape index (κ3) is 2.78. The van der Waals surface area contributed by atoms with Gasteiger partial charge in [-0.1, -0.05) is 20.3 Å². The third-order valence-electron chi connectivity index (χ3n) is 4.65. The molecular weight excluding hydrogens is 198 g/mol. The first kappa shape index (κ1) is 12.4. The Balaban J connectivity index is 1.86. The van der Waals surface area contributed by atoms with Crippen molar-refractivity contribution in [3.05, 3.63) is 0 Å². The van der Waals surface area contributed by atoms with E-state index in [-0.39, 0.29) is 0 Å². The molecule has 2 aliphatic rings. The summed E-state index contributed by atoms with van der Waals surface area (Å²) in [5.41, 5.74) is 0.431. The largest absolute Gasteiger partial charge is 0.381 e. The van der Waals surface area contributed by atoms with E-state index in [1.807, 2.05) is 0 Å². The monoisotopic (exact) mass is 225 g/mol. The van der Waals surface area contributed by atoms with Gasteiger partial charge in [-0.15, -0.1) is 0 Å². The lowest BCUT2D eigenvalue weighted by molar-refractivity contribution is 0.148. The van der Waals surface area contributed by atoms with Crippen LogP contribution in [0.2, 0.25) is 0 Å². The Labute approximate surface area is 100 Å². The van der Waals surface area contributed by atoms with Crippen molar-refractivity contribution >= 4 is 0 Å². The van der Waals surface area contributed by atoms with Crippen LogP contribution in [0.5, 0.6) is 0 Å². The Morgan fingerprint density at radius 2 is 2.25 bits per heavy atom. The van der Waals surface area contributed by atoms with Crippen molar-refractivity contribution < 1.29 is 4.74 Å². The number of ether oxygens (including phenoxy) is 1. The van der Waals surface area contributed by atoms with Gasteiger partial charge in [-0.05, 0) is 50.5 Å². The molecule has 0 amide bonds. The molecule has 0 bridgehead atoms. The summed E-state index contributed by atoms with van der Waals surface area (Å²) in [6.07, 6.45) is 8.13. The number of hydrogen-bond donors (Lipinski definition) is 1. The lowest BCUT2D eigenvalue weighted by Crippen LogP contribution is -2.52. The summed E-state index contributed by atoms with van der Waals surface area (Å²) in [5, 5.41) is 3.82. The molecule has 2 heteroatoms. The molecule has 2 nitrogen and oxygen atoms in total. The Kier molecular flexibility index (Phi) is 4.26. The van der Waals surface area contributed by atoms with Crippen LogP contribution in [0.3, 0.4) is 0 Å². The van der Waals surface area contributed by atoms with Crippen molar-refractivity contribution in [2.45, 2.75) is 57.9 Å². The molecule has 1 N–H and O–H groups in total. The first-order chi connectivity index (χ1) is 7.73. The molecule has 2 atom stereocenters. The molecule has 2 saturated heterocycles. The molecule has 0 aromatic rings. The Hall–Kier alpha value is -0.0800. The van der Waals surface area contributed by atoms with Crippen molar-refractivity contribution in [1.82, 2.24) is 5.32 Å². The second-order valence-corrected chi connectivity index (χ2v) is 5.96. The minimum absolute atomic E-state index is 0.431. The van der Waals surface area contributed by atoms with Gasteiger partial charge in [-0.3, -0.25) is 0 Å². The summed E-state index contributed by atoms with van der Waals surface area (Å²) in [7, 11) is 0. The van der Waals surface area contributed by atoms with Crippen molar-refractivity contribution in [3.63, 3.8) is 0 Å². The molecule has 2 aliphatic heterocycles. The average molecular weight is 225 g/mol. The van der Waals surface area contributed by atoms with Gasteiger partial charge in [0.1, 0.15) is 0 Å². The molecule has 0 spiro atoms. The lowest BCUT2D eigenvalue weighted by atomic mass is 9.75. The molecule has 2 fully saturated rings. The second-order valence-electron chi connectivity index (χ2n) is 5.96. The summed E-state index contributed by atoms with van der Waals surface area (Å²) < 4.78 is 5.47. The summed E-state index contributed by atoms with van der Waals surface area (Å²) in [5.74, 6) is 1.59. The van der Waals surface area contributed by atoms with Gasteiger partial charge < -0.3 is 10.1 Å². The first-order valence-corrected chi connectivity index (χ1v) is 7.06. The van der Waals surface area contributed by atoms with Crippen LogP contribution in [-0.4, -0.2) is 25.3 Å². The van der Waals surface area contributed by atoms with Crippen molar-refractivity contribution in [2.24, 2.45) is 11.8 Å². The Morgan fingerprint density at radius 3 is 2.81 bits per heavy atom. The zero-order valence-corrected chi connectivity index (χ0v) is 10.9. The summed E-state index contributed by atoms with van der Waals surface area (Å²) in [6.45, 7) is 7.98. The van der Waals surface area contributed by atoms with E-state index >= 15 is 0 Å². The van der Waals surface area contributed by atoms with E-state index < -0.39 is 0 Å². The lowest BCUT2D eigenvalue weighted by Gasteiger charge is -2.42. The number of nitrogens with one attached hydrogen (secondary N) is 1. The molecule has 2 unspecified atom stereocenters. The minimum atomic E-state index is 0.431. The van der Waals surface area contributed by atoms with Gasteiger partial charge >= 0.3 is 0 Å². The van der Waals surface area contributed by atoms with Crippen LogP contribution in [0, 0.1) is 11.8 Å². The van der Waals surface area contributed by atoms with Crippen molar-refractivity contribution in [1.29, 1.82) is 0 Å². The van der Waals surface area contributed by atoms with Gasteiger partial charge in [0.2, 0.25) is 0 Å².